The molecule has 0 bridgehead atoms. The zero-order chi connectivity index (χ0) is 60.5. The summed E-state index contributed by atoms with van der Waals surface area (Å²) in [6, 6.07) is 120. The van der Waals surface area contributed by atoms with Crippen LogP contribution in [0.4, 0.5) is 17.1 Å². The predicted molar refractivity (Wildman–Crippen MR) is 383 cm³/mol. The third kappa shape index (κ3) is 7.37. The lowest BCUT2D eigenvalue weighted by Gasteiger charge is -2.32. The zero-order valence-electron chi connectivity index (χ0n) is 49.7. The fourth-order valence-electron chi connectivity index (χ4n) is 15.3. The molecule has 5 heterocycles. The number of nitrogens with zero attached hydrogens (tertiary/aromatic N) is 7. The third-order valence-corrected chi connectivity index (χ3v) is 19.1. The first-order valence-electron chi connectivity index (χ1n) is 31.3. The first kappa shape index (κ1) is 51.4. The summed E-state index contributed by atoms with van der Waals surface area (Å²) in [5.41, 5.74) is 21.1. The van der Waals surface area contributed by atoms with Crippen molar-refractivity contribution in [1.82, 2.24) is 22.8 Å². The van der Waals surface area contributed by atoms with Crippen LogP contribution in [0.25, 0.3) is 149 Å². The Kier molecular flexibility index (Phi) is 11.3. The summed E-state index contributed by atoms with van der Waals surface area (Å²) in [6.45, 7) is 0. The van der Waals surface area contributed by atoms with Gasteiger partial charge in [-0.25, -0.2) is 0 Å². The van der Waals surface area contributed by atoms with Crippen molar-refractivity contribution in [3.05, 3.63) is 327 Å². The third-order valence-electron chi connectivity index (χ3n) is 19.1. The lowest BCUT2D eigenvalue weighted by Crippen LogP contribution is -2.18. The molecule has 0 aliphatic rings. The van der Waals surface area contributed by atoms with Gasteiger partial charge in [0.25, 0.3) is 0 Å². The minimum Gasteiger partial charge on any atom is -0.310 e. The van der Waals surface area contributed by atoms with Crippen LogP contribution >= 0.6 is 0 Å². The van der Waals surface area contributed by atoms with Crippen LogP contribution in [-0.4, -0.2) is 22.8 Å². The van der Waals surface area contributed by atoms with E-state index in [1.54, 1.807) is 0 Å². The number of rotatable bonds is 9. The highest BCUT2D eigenvalue weighted by Crippen LogP contribution is 2.55. The van der Waals surface area contributed by atoms with Crippen LogP contribution in [0.5, 0.6) is 0 Å². The van der Waals surface area contributed by atoms with E-state index in [2.05, 4.69) is 343 Å². The molecule has 428 valence electrons. The molecule has 14 aromatic carbocycles. The molecule has 0 fully saturated rings. The topological polar surface area (TPSA) is 51.7 Å². The van der Waals surface area contributed by atoms with Crippen LogP contribution in [-0.2, 0) is 0 Å². The van der Waals surface area contributed by atoms with E-state index in [-0.39, 0.29) is 0 Å². The van der Waals surface area contributed by atoms with Crippen molar-refractivity contribution in [2.24, 2.45) is 0 Å². The summed E-state index contributed by atoms with van der Waals surface area (Å²) in [5, 5.41) is 22.1. The van der Waals surface area contributed by atoms with Crippen LogP contribution in [0.3, 0.4) is 0 Å². The van der Waals surface area contributed by atoms with Crippen LogP contribution < -0.4 is 4.90 Å². The summed E-state index contributed by atoms with van der Waals surface area (Å²) in [5.74, 6) is 0. The molecular weight excluding hydrogens is 1120 g/mol. The molecule has 0 saturated heterocycles. The lowest BCUT2D eigenvalue weighted by molar-refractivity contribution is 1.00. The van der Waals surface area contributed by atoms with Gasteiger partial charge in [0.1, 0.15) is 0 Å². The molecule has 0 N–H and O–H groups in total. The number of hydrogen-bond acceptors (Lipinski definition) is 2. The van der Waals surface area contributed by atoms with Crippen molar-refractivity contribution in [1.29, 1.82) is 5.26 Å². The van der Waals surface area contributed by atoms with E-state index in [0.717, 1.165) is 166 Å². The van der Waals surface area contributed by atoms with Crippen molar-refractivity contribution < 1.29 is 0 Å². The molecule has 7 nitrogen and oxygen atoms in total. The Morgan fingerprint density at radius 3 is 0.772 bits per heavy atom. The highest BCUT2D eigenvalue weighted by Gasteiger charge is 2.37. The van der Waals surface area contributed by atoms with E-state index in [1.165, 1.54) is 0 Å². The molecule has 92 heavy (non-hydrogen) atoms. The summed E-state index contributed by atoms with van der Waals surface area (Å²) in [4.78, 5) is 2.37. The van der Waals surface area contributed by atoms with Gasteiger partial charge >= 0.3 is 0 Å². The summed E-state index contributed by atoms with van der Waals surface area (Å²) >= 11 is 0. The number of fused-ring (bicyclic) bond motifs is 15. The fraction of sp³-hybridized carbons (Fsp3) is 0. The summed E-state index contributed by atoms with van der Waals surface area (Å²) < 4.78 is 12.9. The van der Waals surface area contributed by atoms with Crippen molar-refractivity contribution in [3.8, 4) is 45.6 Å². The van der Waals surface area contributed by atoms with Gasteiger partial charge in [0.2, 0.25) is 0 Å². The number of nitriles is 1. The number of anilines is 3. The Hall–Kier alpha value is -12.6. The van der Waals surface area contributed by atoms with Crippen molar-refractivity contribution in [2.45, 2.75) is 0 Å². The number of benzene rings is 14. The number of hydrogen-bond donors (Lipinski definition) is 0. The van der Waals surface area contributed by atoms with Crippen LogP contribution in [0.2, 0.25) is 0 Å². The van der Waals surface area contributed by atoms with E-state index in [0.29, 0.717) is 5.56 Å². The minimum atomic E-state index is 0.579. The van der Waals surface area contributed by atoms with Gasteiger partial charge in [0, 0.05) is 76.5 Å². The second kappa shape index (κ2) is 20.2. The van der Waals surface area contributed by atoms with Gasteiger partial charge in [0.05, 0.1) is 95.2 Å². The number of para-hydroxylation sites is 11. The van der Waals surface area contributed by atoms with Crippen molar-refractivity contribution in [3.63, 3.8) is 0 Å². The van der Waals surface area contributed by atoms with Crippen LogP contribution in [0.15, 0.2) is 322 Å². The molecule has 0 aliphatic heterocycles. The molecule has 0 amide bonds. The van der Waals surface area contributed by atoms with Gasteiger partial charge in [0.15, 0.2) is 0 Å². The second-order valence-electron chi connectivity index (χ2n) is 23.8. The van der Waals surface area contributed by atoms with E-state index in [9.17, 15) is 5.26 Å². The zero-order valence-corrected chi connectivity index (χ0v) is 49.7. The smallest absolute Gasteiger partial charge is 0.0991 e. The molecule has 0 radical (unpaired) electrons. The lowest BCUT2D eigenvalue weighted by atomic mass is 9.94. The van der Waals surface area contributed by atoms with E-state index < -0.39 is 0 Å². The predicted octanol–water partition coefficient (Wildman–Crippen LogP) is 22.2. The largest absolute Gasteiger partial charge is 0.310 e. The van der Waals surface area contributed by atoms with E-state index in [4.69, 9.17) is 0 Å². The van der Waals surface area contributed by atoms with Gasteiger partial charge in [-0.05, 0) is 115 Å². The second-order valence-corrected chi connectivity index (χ2v) is 23.8. The van der Waals surface area contributed by atoms with Gasteiger partial charge < -0.3 is 27.7 Å². The average molecular weight is 1170 g/mol. The molecule has 19 aromatic rings. The van der Waals surface area contributed by atoms with Gasteiger partial charge in [-0.2, -0.15) is 5.26 Å². The SMILES string of the molecule is N#Cc1ccc(-c2c(-n3c4ccccc4c4ccccc43)c(-n3c4ccccc4c4ccccc43)c(-n3c4ccccc4c4cc(N(c5ccccc5)c5ccccc5)ccc43)c(-n3c4ccccc4c4ccccc43)c2-n2c3ccccc3c3ccccc32)cc1. The minimum absolute atomic E-state index is 0.579. The summed E-state index contributed by atoms with van der Waals surface area (Å²) in [6.07, 6.45) is 0. The Morgan fingerprint density at radius 1 is 0.217 bits per heavy atom. The Balaban J connectivity index is 1.15. The Bertz CT molecular complexity index is 5760. The normalized spacial score (nSPS) is 11.9. The standard InChI is InChI=1S/C85H53N7/c86-54-55-47-49-56(50-48-55)80-81(88-70-38-16-7-29-60(70)61-30-8-17-39-71(61)88)83(90-74-42-20-11-33-64(74)65-34-12-21-43-75(65)90)85(92-78-46-24-15-37-68(78)69-53-59(51-52-79(69)92)87(57-25-3-1-4-26-57)58-27-5-2-6-28-58)84(91-76-44-22-13-35-66(76)67-36-14-23-45-77(67)91)82(80)89-72-40-18-9-31-62(72)63-32-10-19-41-73(63)89/h1-53H. The molecule has 0 unspecified atom stereocenters. The molecule has 0 aliphatic carbocycles. The fourth-order valence-corrected chi connectivity index (χ4v) is 15.3. The molecule has 7 heteroatoms. The van der Waals surface area contributed by atoms with Gasteiger partial charge in [-0.3, -0.25) is 0 Å². The van der Waals surface area contributed by atoms with E-state index in [1.807, 2.05) is 12.1 Å². The number of aromatic nitrogens is 5. The highest BCUT2D eigenvalue weighted by molar-refractivity contribution is 6.19. The molecule has 19 rings (SSSR count). The maximum absolute atomic E-state index is 10.7. The van der Waals surface area contributed by atoms with Gasteiger partial charge in [-0.15, -0.1) is 0 Å². The van der Waals surface area contributed by atoms with Gasteiger partial charge in [-0.1, -0.05) is 212 Å². The van der Waals surface area contributed by atoms with Crippen molar-refractivity contribution >= 4 is 126 Å². The molecular formula is C85H53N7. The summed E-state index contributed by atoms with van der Waals surface area (Å²) in [7, 11) is 0. The maximum atomic E-state index is 10.7. The Labute approximate surface area is 528 Å². The first-order valence-corrected chi connectivity index (χ1v) is 31.3. The molecule has 0 saturated carbocycles. The Morgan fingerprint density at radius 2 is 0.467 bits per heavy atom. The first-order chi connectivity index (χ1) is 45.7. The maximum Gasteiger partial charge on any atom is 0.0991 e. The monoisotopic (exact) mass is 1170 g/mol. The van der Waals surface area contributed by atoms with Crippen LogP contribution in [0.1, 0.15) is 5.56 Å². The van der Waals surface area contributed by atoms with Crippen molar-refractivity contribution in [2.75, 3.05) is 4.90 Å². The molecule has 0 spiro atoms. The quantitative estimate of drug-likeness (QED) is 0.145. The molecule has 5 aromatic heterocycles. The van der Waals surface area contributed by atoms with Crippen LogP contribution in [0, 0.1) is 11.3 Å². The molecule has 0 atom stereocenters. The highest BCUT2D eigenvalue weighted by atomic mass is 15.2. The van der Waals surface area contributed by atoms with E-state index >= 15 is 0 Å². The average Bonchev–Trinajstić information content (AvgIpc) is 1.41.